The van der Waals surface area contributed by atoms with E-state index in [4.69, 9.17) is 37.0 Å². The number of aliphatic hydroxyl groups excluding tert-OH is 1. The lowest BCUT2D eigenvalue weighted by atomic mass is 10.0. The van der Waals surface area contributed by atoms with Crippen LogP contribution >= 0.6 is 15.6 Å². The molecule has 0 amide bonds. The lowest BCUT2D eigenvalue weighted by Gasteiger charge is -2.21. The van der Waals surface area contributed by atoms with Crippen LogP contribution < -0.4 is 0 Å². The fraction of sp³-hybridized carbons (Fsp3) is 0.946. The maximum absolute atomic E-state index is 13.1. The van der Waals surface area contributed by atoms with Gasteiger partial charge in [-0.05, 0) is 31.6 Å². The quantitative estimate of drug-likeness (QED) is 0.0222. The topological polar surface area (TPSA) is 237 Å². The van der Waals surface area contributed by atoms with Crippen LogP contribution in [0.3, 0.4) is 0 Å². The smallest absolute Gasteiger partial charge is 0.462 e. The van der Waals surface area contributed by atoms with Crippen LogP contribution in [-0.4, -0.2) is 96.7 Å². The average Bonchev–Trinajstić information content (AvgIpc) is 2.74. The van der Waals surface area contributed by atoms with E-state index in [1.54, 1.807) is 0 Å². The molecule has 552 valence electrons. The Morgan fingerprint density at radius 1 is 0.290 bits per heavy atom. The first kappa shape index (κ1) is 91.1. The molecule has 19 heteroatoms. The second-order valence-electron chi connectivity index (χ2n) is 27.2. The van der Waals surface area contributed by atoms with Crippen LogP contribution in [0, 0.1) is 5.92 Å². The number of esters is 4. The molecule has 3 N–H and O–H groups in total. The lowest BCUT2D eigenvalue weighted by molar-refractivity contribution is -0.161. The van der Waals surface area contributed by atoms with Crippen molar-refractivity contribution in [2.24, 2.45) is 5.92 Å². The van der Waals surface area contributed by atoms with Gasteiger partial charge < -0.3 is 33.8 Å². The van der Waals surface area contributed by atoms with E-state index in [0.29, 0.717) is 25.7 Å². The third kappa shape index (κ3) is 68.4. The Kier molecular flexibility index (Phi) is 65.9. The molecule has 0 saturated carbocycles. The molecule has 5 atom stereocenters. The standard InChI is InChI=1S/C74H144O17P2/c1-6-9-12-15-17-19-21-23-25-27-28-29-30-31-33-35-37-39-44-49-54-59-73(78)91-70(64-85-72(77)58-53-48-43-38-36-34-32-26-24-22-20-18-16-13-10-7-2)66-89-93(82,83)87-62-68(75)61-86-92(80,81)88-65-69(63-84-71(76)57-52-46-14-11-8-3)90-74(79)60-55-50-45-41-40-42-47-51-56-67(4)5/h67-70,75H,6-66H2,1-5H3,(H,80,81)(H,82,83)/t68-,69+,70+/m0/s1. The van der Waals surface area contributed by atoms with Gasteiger partial charge in [-0.15, -0.1) is 0 Å². The molecule has 0 fully saturated rings. The van der Waals surface area contributed by atoms with E-state index < -0.39 is 97.5 Å². The van der Waals surface area contributed by atoms with Crippen molar-refractivity contribution in [2.75, 3.05) is 39.6 Å². The molecule has 0 saturated heterocycles. The van der Waals surface area contributed by atoms with Gasteiger partial charge in [-0.2, -0.15) is 0 Å². The fourth-order valence-electron chi connectivity index (χ4n) is 11.4. The fourth-order valence-corrected chi connectivity index (χ4v) is 12.9. The number of ether oxygens (including phenoxy) is 4. The van der Waals surface area contributed by atoms with Gasteiger partial charge in [0.05, 0.1) is 26.4 Å². The first-order valence-electron chi connectivity index (χ1n) is 38.6. The Hall–Kier alpha value is -1.94. The Balaban J connectivity index is 5.12. The van der Waals surface area contributed by atoms with Gasteiger partial charge in [0, 0.05) is 25.7 Å². The molecule has 0 radical (unpaired) electrons. The molecule has 0 aliphatic carbocycles. The van der Waals surface area contributed by atoms with Crippen molar-refractivity contribution >= 4 is 39.5 Å². The molecule has 0 rings (SSSR count). The summed E-state index contributed by atoms with van der Waals surface area (Å²) in [5.41, 5.74) is 0. The molecule has 0 aromatic heterocycles. The second kappa shape index (κ2) is 67.3. The zero-order chi connectivity index (χ0) is 68.4. The van der Waals surface area contributed by atoms with Gasteiger partial charge >= 0.3 is 39.5 Å². The summed E-state index contributed by atoms with van der Waals surface area (Å²) in [5.74, 6) is -1.41. The first-order chi connectivity index (χ1) is 45.0. The van der Waals surface area contributed by atoms with E-state index in [1.165, 1.54) is 205 Å². The highest BCUT2D eigenvalue weighted by Gasteiger charge is 2.30. The SMILES string of the molecule is CCCCCCCCCCCCCCCCCCCCCCCC(=O)O[C@H](COC(=O)CCCCCCCCCCCCCCCCCC)COP(=O)(O)OC[C@@H](O)COP(=O)(O)OC[C@@H](COC(=O)CCCCCCC)OC(=O)CCCCCCCCCCC(C)C. The highest BCUT2D eigenvalue weighted by Crippen LogP contribution is 2.45. The second-order valence-corrected chi connectivity index (χ2v) is 30.1. The van der Waals surface area contributed by atoms with Crippen molar-refractivity contribution in [1.29, 1.82) is 0 Å². The van der Waals surface area contributed by atoms with Gasteiger partial charge in [0.1, 0.15) is 19.3 Å². The van der Waals surface area contributed by atoms with E-state index in [2.05, 4.69) is 34.6 Å². The van der Waals surface area contributed by atoms with Crippen molar-refractivity contribution in [3.8, 4) is 0 Å². The van der Waals surface area contributed by atoms with Crippen molar-refractivity contribution in [3.63, 3.8) is 0 Å². The number of phosphoric ester groups is 2. The molecular weight excluding hydrogens is 1220 g/mol. The molecule has 0 aliphatic heterocycles. The van der Waals surface area contributed by atoms with Crippen molar-refractivity contribution in [1.82, 2.24) is 0 Å². The minimum atomic E-state index is -4.95. The van der Waals surface area contributed by atoms with Crippen LogP contribution in [0.25, 0.3) is 0 Å². The van der Waals surface area contributed by atoms with Crippen LogP contribution in [0.15, 0.2) is 0 Å². The van der Waals surface area contributed by atoms with Crippen LogP contribution in [0.2, 0.25) is 0 Å². The van der Waals surface area contributed by atoms with Crippen LogP contribution in [0.5, 0.6) is 0 Å². The van der Waals surface area contributed by atoms with Crippen molar-refractivity contribution < 1.29 is 80.2 Å². The summed E-state index contributed by atoms with van der Waals surface area (Å²) in [4.78, 5) is 72.4. The minimum Gasteiger partial charge on any atom is -0.462 e. The van der Waals surface area contributed by atoms with Crippen LogP contribution in [-0.2, 0) is 65.4 Å². The average molecular weight is 1370 g/mol. The van der Waals surface area contributed by atoms with Gasteiger partial charge in [0.15, 0.2) is 12.2 Å². The predicted octanol–water partition coefficient (Wildman–Crippen LogP) is 21.7. The maximum atomic E-state index is 13.1. The number of aliphatic hydroxyl groups is 1. The summed E-state index contributed by atoms with van der Waals surface area (Å²) in [7, 11) is -9.89. The minimum absolute atomic E-state index is 0.104. The van der Waals surface area contributed by atoms with E-state index in [1.807, 2.05) is 0 Å². The zero-order valence-corrected chi connectivity index (χ0v) is 62.2. The molecule has 0 bridgehead atoms. The maximum Gasteiger partial charge on any atom is 0.472 e. The van der Waals surface area contributed by atoms with E-state index in [-0.39, 0.29) is 25.7 Å². The molecular formula is C74H144O17P2. The molecule has 0 aromatic rings. The van der Waals surface area contributed by atoms with Crippen LogP contribution in [0.1, 0.15) is 388 Å². The molecule has 0 heterocycles. The molecule has 0 aliphatic rings. The number of phosphoric acid groups is 2. The number of hydrogen-bond acceptors (Lipinski definition) is 15. The van der Waals surface area contributed by atoms with E-state index >= 15 is 0 Å². The van der Waals surface area contributed by atoms with Gasteiger partial charge in [-0.25, -0.2) is 9.13 Å². The van der Waals surface area contributed by atoms with Crippen molar-refractivity contribution in [2.45, 2.75) is 406 Å². The van der Waals surface area contributed by atoms with Gasteiger partial charge in [-0.3, -0.25) is 37.3 Å². The number of hydrogen-bond donors (Lipinski definition) is 3. The third-order valence-electron chi connectivity index (χ3n) is 17.3. The normalized spacial score (nSPS) is 14.0. The van der Waals surface area contributed by atoms with Crippen molar-refractivity contribution in [3.05, 3.63) is 0 Å². The number of carbonyl (C=O) groups is 4. The lowest BCUT2D eigenvalue weighted by Crippen LogP contribution is -2.30. The summed E-state index contributed by atoms with van der Waals surface area (Å²) in [6.07, 6.45) is 56.1. The largest absolute Gasteiger partial charge is 0.472 e. The summed E-state index contributed by atoms with van der Waals surface area (Å²) in [6.45, 7) is 7.14. The summed E-state index contributed by atoms with van der Waals surface area (Å²) >= 11 is 0. The Bertz CT molecular complexity index is 1790. The molecule has 17 nitrogen and oxygen atoms in total. The number of carbonyl (C=O) groups excluding carboxylic acids is 4. The summed E-state index contributed by atoms with van der Waals surface area (Å²) in [5, 5.41) is 10.6. The zero-order valence-electron chi connectivity index (χ0n) is 60.4. The van der Waals surface area contributed by atoms with Gasteiger partial charge in [0.2, 0.25) is 0 Å². The highest BCUT2D eigenvalue weighted by atomic mass is 31.2. The Labute approximate surface area is 568 Å². The summed E-state index contributed by atoms with van der Waals surface area (Å²) in [6, 6.07) is 0. The van der Waals surface area contributed by atoms with E-state index in [9.17, 15) is 43.2 Å². The molecule has 0 spiro atoms. The monoisotopic (exact) mass is 1370 g/mol. The Morgan fingerprint density at radius 3 is 0.731 bits per heavy atom. The number of unbranched alkanes of at least 4 members (excludes halogenated alkanes) is 46. The highest BCUT2D eigenvalue weighted by molar-refractivity contribution is 7.47. The predicted molar refractivity (Wildman–Crippen MR) is 377 cm³/mol. The van der Waals surface area contributed by atoms with Crippen LogP contribution in [0.4, 0.5) is 0 Å². The first-order valence-corrected chi connectivity index (χ1v) is 41.6. The van der Waals surface area contributed by atoms with Gasteiger partial charge in [-0.1, -0.05) is 336 Å². The molecule has 93 heavy (non-hydrogen) atoms. The molecule has 0 aromatic carbocycles. The number of rotatable bonds is 74. The van der Waals surface area contributed by atoms with E-state index in [0.717, 1.165) is 102 Å². The Morgan fingerprint density at radius 2 is 0.495 bits per heavy atom. The summed E-state index contributed by atoms with van der Waals surface area (Å²) < 4.78 is 68.2. The van der Waals surface area contributed by atoms with Gasteiger partial charge in [0.25, 0.3) is 0 Å². The third-order valence-corrected chi connectivity index (χ3v) is 19.2. The molecule has 2 unspecified atom stereocenters.